The molecule has 4 N–H and O–H groups in total. The van der Waals surface area contributed by atoms with E-state index in [4.69, 9.17) is 9.39 Å². The third kappa shape index (κ3) is 3.98. The molecule has 0 bridgehead atoms. The zero-order chi connectivity index (χ0) is 21.0. The standard InChI is InChI=1S/C19H26BN2O7/c1-19(2)6-14(21-10-19)17(23)22-8-11(9-22)28-15-7-20(26,27)29-16-12(15)4-3-5-13(16)18(24)25/h3-5,11,14-15,21,26-27H,6-10H2,1-2H3,(H,24,25)/q-1/t14-,15?/m0/s1. The van der Waals surface area contributed by atoms with Crippen molar-refractivity contribution in [1.29, 1.82) is 0 Å². The smallest absolute Gasteiger partial charge is 0.433 e. The highest BCUT2D eigenvalue weighted by Crippen LogP contribution is 2.42. The van der Waals surface area contributed by atoms with Crippen molar-refractivity contribution in [1.82, 2.24) is 10.2 Å². The molecule has 1 unspecified atom stereocenters. The summed E-state index contributed by atoms with van der Waals surface area (Å²) < 4.78 is 11.2. The first-order chi connectivity index (χ1) is 13.5. The Morgan fingerprint density at radius 1 is 1.31 bits per heavy atom. The lowest BCUT2D eigenvalue weighted by atomic mass is 9.68. The van der Waals surface area contributed by atoms with Gasteiger partial charge in [0.2, 0.25) is 5.91 Å². The van der Waals surface area contributed by atoms with Crippen LogP contribution in [0, 0.1) is 5.41 Å². The number of aromatic carboxylic acids is 1. The van der Waals surface area contributed by atoms with E-state index in [9.17, 15) is 24.7 Å². The van der Waals surface area contributed by atoms with Crippen LogP contribution in [0.15, 0.2) is 18.2 Å². The number of carboxylic acids is 1. The minimum atomic E-state index is -3.23. The Balaban J connectivity index is 1.42. The Morgan fingerprint density at radius 2 is 2.03 bits per heavy atom. The summed E-state index contributed by atoms with van der Waals surface area (Å²) in [5, 5.41) is 32.8. The van der Waals surface area contributed by atoms with Gasteiger partial charge in [0.05, 0.1) is 29.6 Å². The van der Waals surface area contributed by atoms with Crippen LogP contribution in [0.25, 0.3) is 0 Å². The summed E-state index contributed by atoms with van der Waals surface area (Å²) in [6.07, 6.45) is -0.388. The quantitative estimate of drug-likeness (QED) is 0.529. The fourth-order valence-electron chi connectivity index (χ4n) is 4.31. The molecule has 10 heteroatoms. The highest BCUT2D eigenvalue weighted by atomic mass is 16.6. The van der Waals surface area contributed by atoms with Crippen molar-refractivity contribution in [3.8, 4) is 5.75 Å². The van der Waals surface area contributed by atoms with Crippen LogP contribution in [0.4, 0.5) is 0 Å². The summed E-state index contributed by atoms with van der Waals surface area (Å²) in [4.78, 5) is 25.8. The molecule has 9 nitrogen and oxygen atoms in total. The molecule has 3 aliphatic heterocycles. The number of hydrogen-bond donors (Lipinski definition) is 4. The number of fused-ring (bicyclic) bond motifs is 1. The van der Waals surface area contributed by atoms with Crippen molar-refractivity contribution in [2.75, 3.05) is 19.6 Å². The maximum atomic E-state index is 12.6. The molecule has 3 aliphatic rings. The van der Waals surface area contributed by atoms with Gasteiger partial charge < -0.3 is 34.8 Å². The molecule has 2 atom stereocenters. The van der Waals surface area contributed by atoms with Gasteiger partial charge in [-0.15, -0.1) is 0 Å². The predicted octanol–water partition coefficient (Wildman–Crippen LogP) is 0.357. The molecule has 4 rings (SSSR count). The van der Waals surface area contributed by atoms with Crippen molar-refractivity contribution in [3.05, 3.63) is 29.3 Å². The van der Waals surface area contributed by atoms with E-state index in [1.165, 1.54) is 6.07 Å². The van der Waals surface area contributed by atoms with Gasteiger partial charge in [-0.3, -0.25) is 4.79 Å². The topological polar surface area (TPSA) is 129 Å². The summed E-state index contributed by atoms with van der Waals surface area (Å²) >= 11 is 0. The highest BCUT2D eigenvalue weighted by Gasteiger charge is 2.43. The molecule has 0 aliphatic carbocycles. The average molecular weight is 405 g/mol. The SMILES string of the molecule is CC1(C)CN[C@H](C(=O)N2CC(OC3C[B-](O)(O)Oc4c(C(=O)O)cccc43)C2)C1. The predicted molar refractivity (Wildman–Crippen MR) is 103 cm³/mol. The third-order valence-corrected chi connectivity index (χ3v) is 5.85. The van der Waals surface area contributed by atoms with E-state index in [-0.39, 0.29) is 41.1 Å². The lowest BCUT2D eigenvalue weighted by molar-refractivity contribution is -0.152. The molecule has 0 spiro atoms. The Hall–Kier alpha value is -2.14. The maximum Gasteiger partial charge on any atom is 0.433 e. The molecule has 0 aromatic heterocycles. The minimum Gasteiger partial charge on any atom is -0.669 e. The van der Waals surface area contributed by atoms with Crippen molar-refractivity contribution >= 4 is 18.6 Å². The van der Waals surface area contributed by atoms with Crippen LogP contribution >= 0.6 is 0 Å². The summed E-state index contributed by atoms with van der Waals surface area (Å²) in [6, 6.07) is 4.39. The van der Waals surface area contributed by atoms with E-state index >= 15 is 0 Å². The first kappa shape index (κ1) is 20.2. The molecular weight excluding hydrogens is 379 g/mol. The van der Waals surface area contributed by atoms with E-state index in [0.29, 0.717) is 18.7 Å². The third-order valence-electron chi connectivity index (χ3n) is 5.85. The van der Waals surface area contributed by atoms with Crippen molar-refractivity contribution in [2.45, 2.75) is 44.8 Å². The molecule has 1 aromatic carbocycles. The Morgan fingerprint density at radius 3 is 2.66 bits per heavy atom. The largest absolute Gasteiger partial charge is 0.669 e. The average Bonchev–Trinajstić information content (AvgIpc) is 2.95. The zero-order valence-electron chi connectivity index (χ0n) is 16.5. The summed E-state index contributed by atoms with van der Waals surface area (Å²) in [7, 11) is 0. The number of ether oxygens (including phenoxy) is 1. The van der Waals surface area contributed by atoms with Gasteiger partial charge >= 0.3 is 12.7 Å². The summed E-state index contributed by atoms with van der Waals surface area (Å²) in [5.41, 5.74) is 0.419. The van der Waals surface area contributed by atoms with Crippen molar-refractivity contribution in [2.24, 2.45) is 5.41 Å². The normalized spacial score (nSPS) is 27.7. The van der Waals surface area contributed by atoms with Crippen molar-refractivity contribution < 1.29 is 34.1 Å². The molecule has 1 amide bonds. The minimum absolute atomic E-state index is 0.0545. The van der Waals surface area contributed by atoms with Gasteiger partial charge in [0.25, 0.3) is 0 Å². The molecular formula is C19H26BN2O7-. The molecule has 0 radical (unpaired) electrons. The van der Waals surface area contributed by atoms with Gasteiger partial charge in [-0.25, -0.2) is 4.79 Å². The highest BCUT2D eigenvalue weighted by molar-refractivity contribution is 6.59. The monoisotopic (exact) mass is 405 g/mol. The van der Waals surface area contributed by atoms with Gasteiger partial charge in [-0.05, 0) is 17.9 Å². The fraction of sp³-hybridized carbons (Fsp3) is 0.579. The van der Waals surface area contributed by atoms with Crippen LogP contribution < -0.4 is 9.97 Å². The van der Waals surface area contributed by atoms with Crippen LogP contribution in [0.2, 0.25) is 6.32 Å². The zero-order valence-corrected chi connectivity index (χ0v) is 16.5. The van der Waals surface area contributed by atoms with E-state index in [1.807, 2.05) is 0 Å². The van der Waals surface area contributed by atoms with Crippen LogP contribution in [-0.2, 0) is 9.53 Å². The van der Waals surface area contributed by atoms with Crippen LogP contribution in [-0.4, -0.2) is 70.5 Å². The number of amides is 1. The second kappa shape index (κ2) is 6.98. The van der Waals surface area contributed by atoms with Gasteiger partial charge in [0, 0.05) is 25.2 Å². The number of benzene rings is 1. The number of nitrogens with one attached hydrogen (secondary N) is 1. The van der Waals surface area contributed by atoms with Gasteiger partial charge in [-0.1, -0.05) is 32.3 Å². The Bertz CT molecular complexity index is 838. The van der Waals surface area contributed by atoms with Gasteiger partial charge in [0.1, 0.15) is 0 Å². The first-order valence-corrected chi connectivity index (χ1v) is 9.88. The van der Waals surface area contributed by atoms with E-state index < -0.39 is 18.8 Å². The number of rotatable bonds is 4. The number of hydrogen-bond acceptors (Lipinski definition) is 7. The second-order valence-electron chi connectivity index (χ2n) is 9.03. The van der Waals surface area contributed by atoms with Crippen LogP contribution in [0.5, 0.6) is 5.75 Å². The molecule has 2 saturated heterocycles. The lowest BCUT2D eigenvalue weighted by Gasteiger charge is -2.46. The number of carbonyl (C=O) groups is 2. The maximum absolute atomic E-state index is 12.6. The molecule has 29 heavy (non-hydrogen) atoms. The number of carbonyl (C=O) groups excluding carboxylic acids is 1. The Kier molecular flexibility index (Phi) is 4.85. The van der Waals surface area contributed by atoms with Gasteiger partial charge in [0.15, 0.2) is 0 Å². The number of para-hydroxylation sites is 1. The number of likely N-dealkylation sites (tertiary alicyclic amines) is 1. The molecule has 0 saturated carbocycles. The van der Waals surface area contributed by atoms with E-state index in [1.54, 1.807) is 17.0 Å². The summed E-state index contributed by atoms with van der Waals surface area (Å²) in [5.74, 6) is -1.24. The van der Waals surface area contributed by atoms with Crippen LogP contribution in [0.1, 0.15) is 42.3 Å². The fourth-order valence-corrected chi connectivity index (χ4v) is 4.31. The molecule has 3 heterocycles. The molecule has 2 fully saturated rings. The van der Waals surface area contributed by atoms with E-state index in [0.717, 1.165) is 13.0 Å². The second-order valence-corrected chi connectivity index (χ2v) is 9.03. The summed E-state index contributed by atoms with van der Waals surface area (Å²) in [6.45, 7) is 2.66. The number of carboxylic acid groups (broad SMARTS) is 1. The van der Waals surface area contributed by atoms with E-state index in [2.05, 4.69) is 19.2 Å². The van der Waals surface area contributed by atoms with Gasteiger partial charge in [-0.2, -0.15) is 0 Å². The molecule has 158 valence electrons. The van der Waals surface area contributed by atoms with Crippen molar-refractivity contribution in [3.63, 3.8) is 0 Å². The molecule has 1 aromatic rings. The first-order valence-electron chi connectivity index (χ1n) is 9.88. The Labute approximate surface area is 168 Å². The number of nitrogens with zero attached hydrogens (tertiary/aromatic N) is 1. The lowest BCUT2D eigenvalue weighted by Crippen LogP contribution is -2.59. The van der Waals surface area contributed by atoms with Crippen LogP contribution in [0.3, 0.4) is 0 Å².